The second kappa shape index (κ2) is 6.70. The van der Waals surface area contributed by atoms with E-state index in [-0.39, 0.29) is 18.9 Å². The molecule has 0 radical (unpaired) electrons. The van der Waals surface area contributed by atoms with Gasteiger partial charge in [-0.1, -0.05) is 0 Å². The minimum absolute atomic E-state index is 0.281. The number of sulfone groups is 1. The number of halogens is 2. The Hall–Kier alpha value is -1.21. The highest BCUT2D eigenvalue weighted by molar-refractivity contribution is 7.92. The van der Waals surface area contributed by atoms with Gasteiger partial charge < -0.3 is 10.5 Å². The summed E-state index contributed by atoms with van der Waals surface area (Å²) in [6.07, 6.45) is 0.354. The lowest BCUT2D eigenvalue weighted by atomic mass is 10.1. The van der Waals surface area contributed by atoms with Crippen molar-refractivity contribution >= 4 is 9.84 Å². The van der Waals surface area contributed by atoms with Crippen molar-refractivity contribution in [2.45, 2.75) is 31.9 Å². The quantitative estimate of drug-likeness (QED) is 0.871. The highest BCUT2D eigenvalue weighted by atomic mass is 32.2. The third-order valence-electron chi connectivity index (χ3n) is 3.02. The van der Waals surface area contributed by atoms with E-state index in [1.807, 2.05) is 0 Å². The zero-order chi connectivity index (χ0) is 16.3. The Morgan fingerprint density at radius 2 is 1.71 bits per heavy atom. The molecule has 0 saturated carbocycles. The van der Waals surface area contributed by atoms with Crippen LogP contribution in [-0.4, -0.2) is 32.1 Å². The van der Waals surface area contributed by atoms with Gasteiger partial charge >= 0.3 is 0 Å². The number of benzene rings is 1. The van der Waals surface area contributed by atoms with Gasteiger partial charge in [-0.2, -0.15) is 0 Å². The molecule has 0 amide bonds. The summed E-state index contributed by atoms with van der Waals surface area (Å²) in [5.74, 6) is -2.57. The third kappa shape index (κ3) is 4.64. The van der Waals surface area contributed by atoms with Gasteiger partial charge in [0.05, 0.1) is 10.5 Å². The Kier molecular flexibility index (Phi) is 5.69. The number of hydrogen-bond donors (Lipinski definition) is 1. The zero-order valence-corrected chi connectivity index (χ0v) is 13.3. The molecule has 1 aromatic carbocycles. The monoisotopic (exact) mass is 321 g/mol. The molecule has 0 aliphatic rings. The molecule has 0 aromatic heterocycles. The van der Waals surface area contributed by atoms with Crippen molar-refractivity contribution in [3.05, 3.63) is 29.3 Å². The van der Waals surface area contributed by atoms with Gasteiger partial charge in [0.15, 0.2) is 27.2 Å². The first-order chi connectivity index (χ1) is 9.58. The highest BCUT2D eigenvalue weighted by Crippen LogP contribution is 2.24. The third-order valence-corrected chi connectivity index (χ3v) is 5.59. The maximum absolute atomic E-state index is 13.7. The maximum Gasteiger partial charge on any atom is 0.190 e. The van der Waals surface area contributed by atoms with Gasteiger partial charge in [0, 0.05) is 0 Å². The minimum Gasteiger partial charge on any atom is -0.487 e. The normalized spacial score (nSPS) is 12.5. The highest BCUT2D eigenvalue weighted by Gasteiger charge is 2.28. The predicted octanol–water partition coefficient (Wildman–Crippen LogP) is 2.06. The Morgan fingerprint density at radius 1 is 1.19 bits per heavy atom. The molecular formula is C14H21F2NO3S. The summed E-state index contributed by atoms with van der Waals surface area (Å²) >= 11 is 0. The predicted molar refractivity (Wildman–Crippen MR) is 78.2 cm³/mol. The van der Waals surface area contributed by atoms with Crippen LogP contribution in [0.2, 0.25) is 0 Å². The Balaban J connectivity index is 2.77. The van der Waals surface area contributed by atoms with Crippen LogP contribution >= 0.6 is 0 Å². The topological polar surface area (TPSA) is 69.4 Å². The van der Waals surface area contributed by atoms with E-state index < -0.39 is 32.0 Å². The molecule has 0 spiro atoms. The molecule has 1 aromatic rings. The van der Waals surface area contributed by atoms with Crippen LogP contribution in [-0.2, 0) is 16.3 Å². The van der Waals surface area contributed by atoms with E-state index in [2.05, 4.69) is 0 Å². The van der Waals surface area contributed by atoms with Gasteiger partial charge in [0.2, 0.25) is 0 Å². The summed E-state index contributed by atoms with van der Waals surface area (Å²) in [4.78, 5) is 0. The summed E-state index contributed by atoms with van der Waals surface area (Å²) in [7, 11) is -3.40. The Labute approximate surface area is 124 Å². The van der Waals surface area contributed by atoms with E-state index in [0.29, 0.717) is 12.0 Å². The van der Waals surface area contributed by atoms with Gasteiger partial charge in [0.25, 0.3) is 0 Å². The standard InChI is InChI=1S/C14H21F2NO3S/c1-14(2,3)21(18,19)7-6-20-13-11(15)8-10(4-5-17)9-12(13)16/h8-9H,4-7,17H2,1-3H3. The van der Waals surface area contributed by atoms with E-state index in [9.17, 15) is 17.2 Å². The van der Waals surface area contributed by atoms with Crippen LogP contribution in [0.5, 0.6) is 5.75 Å². The van der Waals surface area contributed by atoms with Crippen LogP contribution < -0.4 is 10.5 Å². The molecule has 7 heteroatoms. The first kappa shape index (κ1) is 17.8. The van der Waals surface area contributed by atoms with Crippen molar-refractivity contribution in [1.82, 2.24) is 0 Å². The van der Waals surface area contributed by atoms with Crippen molar-refractivity contribution in [1.29, 1.82) is 0 Å². The molecule has 2 N–H and O–H groups in total. The smallest absolute Gasteiger partial charge is 0.190 e. The summed E-state index contributed by atoms with van der Waals surface area (Å²) < 4.78 is 55.2. The molecule has 0 bridgehead atoms. The van der Waals surface area contributed by atoms with Crippen molar-refractivity contribution in [3.63, 3.8) is 0 Å². The molecule has 0 fully saturated rings. The Bertz CT molecular complexity index is 572. The SMILES string of the molecule is CC(C)(C)S(=O)(=O)CCOc1c(F)cc(CCN)cc1F. The summed E-state index contributed by atoms with van der Waals surface area (Å²) in [6, 6.07) is 2.28. The van der Waals surface area contributed by atoms with Gasteiger partial charge in [-0.05, 0) is 51.4 Å². The van der Waals surface area contributed by atoms with E-state index in [1.54, 1.807) is 20.8 Å². The number of hydrogen-bond acceptors (Lipinski definition) is 4. The second-order valence-corrected chi connectivity index (χ2v) is 8.57. The lowest BCUT2D eigenvalue weighted by molar-refractivity contribution is 0.302. The van der Waals surface area contributed by atoms with Crippen LogP contribution in [0, 0.1) is 11.6 Å². The molecule has 0 aliphatic heterocycles. The summed E-state index contributed by atoms with van der Waals surface area (Å²) in [5, 5.41) is 0. The molecular weight excluding hydrogens is 300 g/mol. The molecule has 0 unspecified atom stereocenters. The molecule has 0 aliphatic carbocycles. The van der Waals surface area contributed by atoms with Crippen molar-refractivity contribution in [3.8, 4) is 5.75 Å². The van der Waals surface area contributed by atoms with Crippen LogP contribution in [0.15, 0.2) is 12.1 Å². The molecule has 4 nitrogen and oxygen atoms in total. The lowest BCUT2D eigenvalue weighted by Crippen LogP contribution is -2.32. The maximum atomic E-state index is 13.7. The van der Waals surface area contributed by atoms with E-state index >= 15 is 0 Å². The summed E-state index contributed by atoms with van der Waals surface area (Å²) in [5.41, 5.74) is 5.76. The van der Waals surface area contributed by atoms with E-state index in [1.165, 1.54) is 0 Å². The van der Waals surface area contributed by atoms with Gasteiger partial charge in [-0.25, -0.2) is 17.2 Å². The van der Waals surface area contributed by atoms with Gasteiger partial charge in [-0.3, -0.25) is 0 Å². The summed E-state index contributed by atoms with van der Waals surface area (Å²) in [6.45, 7) is 4.66. The second-order valence-electron chi connectivity index (χ2n) is 5.71. The molecule has 21 heavy (non-hydrogen) atoms. The zero-order valence-electron chi connectivity index (χ0n) is 12.4. The largest absolute Gasteiger partial charge is 0.487 e. The van der Waals surface area contributed by atoms with E-state index in [0.717, 1.165) is 12.1 Å². The van der Waals surface area contributed by atoms with Crippen LogP contribution in [0.25, 0.3) is 0 Å². The average Bonchev–Trinajstić information content (AvgIpc) is 2.31. The van der Waals surface area contributed by atoms with Crippen LogP contribution in [0.3, 0.4) is 0 Å². The fourth-order valence-electron chi connectivity index (χ4n) is 1.62. The fraction of sp³-hybridized carbons (Fsp3) is 0.571. The van der Waals surface area contributed by atoms with Crippen LogP contribution in [0.1, 0.15) is 26.3 Å². The number of rotatable bonds is 6. The molecule has 0 heterocycles. The molecule has 0 atom stereocenters. The Morgan fingerprint density at radius 3 is 2.14 bits per heavy atom. The van der Waals surface area contributed by atoms with Gasteiger partial charge in [0.1, 0.15) is 6.61 Å². The molecule has 120 valence electrons. The molecule has 1 rings (SSSR count). The van der Waals surface area contributed by atoms with Gasteiger partial charge in [-0.15, -0.1) is 0 Å². The first-order valence-electron chi connectivity index (χ1n) is 6.61. The van der Waals surface area contributed by atoms with Crippen molar-refractivity contribution in [2.24, 2.45) is 5.73 Å². The van der Waals surface area contributed by atoms with Crippen LogP contribution in [0.4, 0.5) is 8.78 Å². The number of ether oxygens (including phenoxy) is 1. The lowest BCUT2D eigenvalue weighted by Gasteiger charge is -2.19. The average molecular weight is 321 g/mol. The number of nitrogens with two attached hydrogens (primary N) is 1. The van der Waals surface area contributed by atoms with E-state index in [4.69, 9.17) is 10.5 Å². The first-order valence-corrected chi connectivity index (χ1v) is 8.27. The van der Waals surface area contributed by atoms with Crippen molar-refractivity contribution < 1.29 is 21.9 Å². The minimum atomic E-state index is -3.40. The molecule has 0 saturated heterocycles. The fourth-order valence-corrected chi connectivity index (χ4v) is 2.54. The van der Waals surface area contributed by atoms with Crippen molar-refractivity contribution in [2.75, 3.05) is 18.9 Å².